The molecule has 0 heterocycles. The molecule has 19 heavy (non-hydrogen) atoms. The molecule has 0 amide bonds. The molecular weight excluding hydrogens is 264 g/mol. The fourth-order valence-corrected chi connectivity index (χ4v) is 2.06. The lowest BCUT2D eigenvalue weighted by Crippen LogP contribution is -2.15. The van der Waals surface area contributed by atoms with Crippen LogP contribution in [-0.2, 0) is 9.53 Å². The second kappa shape index (κ2) is 7.06. The molecule has 0 aliphatic heterocycles. The van der Waals surface area contributed by atoms with E-state index >= 15 is 0 Å². The van der Waals surface area contributed by atoms with Crippen molar-refractivity contribution in [2.24, 2.45) is 0 Å². The Balaban J connectivity index is 2.88. The number of carbonyl (C=O) groups is 1. The van der Waals surface area contributed by atoms with Crippen LogP contribution in [0.2, 0.25) is 0 Å². The maximum Gasteiger partial charge on any atom is 0.337 e. The van der Waals surface area contributed by atoms with E-state index in [1.54, 1.807) is 38.1 Å². The van der Waals surface area contributed by atoms with Crippen LogP contribution in [0.3, 0.4) is 0 Å². The minimum absolute atomic E-state index is 0.266. The number of nitrogens with one attached hydrogen (secondary N) is 2. The van der Waals surface area contributed by atoms with E-state index in [1.165, 1.54) is 0 Å². The Labute approximate surface area is 116 Å². The van der Waals surface area contributed by atoms with E-state index in [0.717, 1.165) is 11.8 Å². The van der Waals surface area contributed by atoms with Gasteiger partial charge in [0, 0.05) is 12.2 Å². The number of thioether (sulfide) groups is 1. The number of carboxylic acids is 1. The lowest BCUT2D eigenvalue weighted by molar-refractivity contribution is -0.150. The van der Waals surface area contributed by atoms with Crippen LogP contribution in [0.4, 0.5) is 0 Å². The number of hydrogen-bond donors (Lipinski definition) is 3. The zero-order valence-electron chi connectivity index (χ0n) is 10.8. The first kappa shape index (κ1) is 15.4. The number of carboxylic acid groups (broad SMARTS) is 1. The van der Waals surface area contributed by atoms with Crippen LogP contribution in [0.1, 0.15) is 31.1 Å². The molecule has 0 fully saturated rings. The molecule has 1 aromatic carbocycles. The fraction of sp³-hybridized carbons (Fsp3) is 0.308. The number of ether oxygens (including phenoxy) is 1. The number of benzene rings is 1. The first-order chi connectivity index (χ1) is 8.95. The van der Waals surface area contributed by atoms with Crippen LogP contribution >= 0.6 is 11.8 Å². The molecule has 0 aliphatic carbocycles. The molecule has 6 heteroatoms. The Morgan fingerprint density at radius 1 is 1.37 bits per heavy atom. The normalized spacial score (nSPS) is 11.9. The van der Waals surface area contributed by atoms with Crippen molar-refractivity contribution in [1.29, 1.82) is 10.8 Å². The van der Waals surface area contributed by atoms with E-state index in [0.29, 0.717) is 22.8 Å². The lowest BCUT2D eigenvalue weighted by Gasteiger charge is -2.13. The minimum atomic E-state index is -1.03. The zero-order valence-corrected chi connectivity index (χ0v) is 11.6. The van der Waals surface area contributed by atoms with Gasteiger partial charge in [-0.1, -0.05) is 36.0 Å². The molecule has 0 bridgehead atoms. The Morgan fingerprint density at radius 2 is 1.95 bits per heavy atom. The van der Waals surface area contributed by atoms with E-state index in [-0.39, 0.29) is 5.04 Å². The number of rotatable bonds is 5. The SMILES string of the molecule is CCOC(C(=O)O)c1ccc(C(=N)SC(C)=N)cc1. The monoisotopic (exact) mass is 280 g/mol. The van der Waals surface area contributed by atoms with Gasteiger partial charge in [0.25, 0.3) is 0 Å². The Kier molecular flexibility index (Phi) is 5.72. The highest BCUT2D eigenvalue weighted by Crippen LogP contribution is 2.20. The summed E-state index contributed by atoms with van der Waals surface area (Å²) in [6.07, 6.45) is -0.981. The average molecular weight is 280 g/mol. The van der Waals surface area contributed by atoms with Gasteiger partial charge < -0.3 is 9.84 Å². The summed E-state index contributed by atoms with van der Waals surface area (Å²) in [6, 6.07) is 6.61. The first-order valence-corrected chi connectivity index (χ1v) is 6.53. The van der Waals surface area contributed by atoms with Gasteiger partial charge in [-0.25, -0.2) is 4.79 Å². The Morgan fingerprint density at radius 3 is 2.37 bits per heavy atom. The summed E-state index contributed by atoms with van der Waals surface area (Å²) in [7, 11) is 0. The molecule has 1 unspecified atom stereocenters. The topological polar surface area (TPSA) is 94.2 Å². The molecule has 0 saturated heterocycles. The van der Waals surface area contributed by atoms with E-state index in [4.69, 9.17) is 20.7 Å². The minimum Gasteiger partial charge on any atom is -0.479 e. The van der Waals surface area contributed by atoms with Crippen LogP contribution in [0, 0.1) is 10.8 Å². The zero-order chi connectivity index (χ0) is 14.4. The van der Waals surface area contributed by atoms with Gasteiger partial charge in [0.15, 0.2) is 6.10 Å². The fourth-order valence-electron chi connectivity index (χ4n) is 1.50. The highest BCUT2D eigenvalue weighted by Gasteiger charge is 2.19. The molecular formula is C13H16N2O3S. The maximum absolute atomic E-state index is 11.1. The van der Waals surface area contributed by atoms with Crippen LogP contribution in [0.5, 0.6) is 0 Å². The lowest BCUT2D eigenvalue weighted by atomic mass is 10.1. The van der Waals surface area contributed by atoms with Crippen LogP contribution in [0.15, 0.2) is 24.3 Å². The van der Waals surface area contributed by atoms with Crippen molar-refractivity contribution in [3.05, 3.63) is 35.4 Å². The Hall–Kier alpha value is -1.66. The summed E-state index contributed by atoms with van der Waals surface area (Å²) >= 11 is 1.06. The number of aliphatic carboxylic acids is 1. The van der Waals surface area contributed by atoms with Crippen LogP contribution in [0.25, 0.3) is 0 Å². The quantitative estimate of drug-likeness (QED) is 0.571. The van der Waals surface area contributed by atoms with Gasteiger partial charge in [-0.15, -0.1) is 0 Å². The molecule has 1 atom stereocenters. The summed E-state index contributed by atoms with van der Waals surface area (Å²) in [6.45, 7) is 3.67. The highest BCUT2D eigenvalue weighted by molar-refractivity contribution is 8.26. The van der Waals surface area contributed by atoms with E-state index in [9.17, 15) is 4.79 Å². The van der Waals surface area contributed by atoms with Gasteiger partial charge in [-0.2, -0.15) is 0 Å². The molecule has 0 radical (unpaired) electrons. The third-order valence-corrected chi connectivity index (χ3v) is 3.03. The molecule has 3 N–H and O–H groups in total. The summed E-state index contributed by atoms with van der Waals surface area (Å²) < 4.78 is 5.16. The molecule has 5 nitrogen and oxygen atoms in total. The summed E-state index contributed by atoms with van der Waals surface area (Å²) in [4.78, 5) is 11.1. The van der Waals surface area contributed by atoms with Gasteiger partial charge in [-0.3, -0.25) is 10.8 Å². The van der Waals surface area contributed by atoms with Crippen molar-refractivity contribution in [3.8, 4) is 0 Å². The van der Waals surface area contributed by atoms with Crippen molar-refractivity contribution in [2.75, 3.05) is 6.61 Å². The average Bonchev–Trinajstić information content (AvgIpc) is 2.35. The predicted molar refractivity (Wildman–Crippen MR) is 76.3 cm³/mol. The molecule has 0 saturated carbocycles. The van der Waals surface area contributed by atoms with Crippen molar-refractivity contribution < 1.29 is 14.6 Å². The van der Waals surface area contributed by atoms with Crippen LogP contribution in [-0.4, -0.2) is 27.8 Å². The van der Waals surface area contributed by atoms with Crippen molar-refractivity contribution in [1.82, 2.24) is 0 Å². The molecule has 0 aromatic heterocycles. The van der Waals surface area contributed by atoms with Crippen molar-refractivity contribution >= 4 is 27.8 Å². The largest absolute Gasteiger partial charge is 0.479 e. The third kappa shape index (κ3) is 4.50. The Bertz CT molecular complexity index is 485. The van der Waals surface area contributed by atoms with Crippen molar-refractivity contribution in [2.45, 2.75) is 20.0 Å². The second-order valence-electron chi connectivity index (χ2n) is 3.78. The van der Waals surface area contributed by atoms with E-state index in [1.807, 2.05) is 0 Å². The molecule has 0 aliphatic rings. The first-order valence-electron chi connectivity index (χ1n) is 5.72. The van der Waals surface area contributed by atoms with Gasteiger partial charge in [-0.05, 0) is 19.4 Å². The smallest absolute Gasteiger partial charge is 0.337 e. The predicted octanol–water partition coefficient (Wildman–Crippen LogP) is 2.90. The summed E-state index contributed by atoms with van der Waals surface area (Å²) in [5.74, 6) is -1.03. The highest BCUT2D eigenvalue weighted by atomic mass is 32.2. The third-order valence-electron chi connectivity index (χ3n) is 2.29. The van der Waals surface area contributed by atoms with E-state index < -0.39 is 12.1 Å². The maximum atomic E-state index is 11.1. The molecule has 102 valence electrons. The molecule has 1 rings (SSSR count). The standard InChI is InChI=1S/C13H16N2O3S/c1-3-18-11(13(16)17)9-4-6-10(7-5-9)12(15)19-8(2)14/h4-7,11,14-15H,3H2,1-2H3,(H,16,17). The van der Waals surface area contributed by atoms with Gasteiger partial charge in [0.2, 0.25) is 0 Å². The summed E-state index contributed by atoms with van der Waals surface area (Å²) in [5, 5.41) is 24.8. The molecule has 1 aromatic rings. The molecule has 0 spiro atoms. The van der Waals surface area contributed by atoms with Crippen molar-refractivity contribution in [3.63, 3.8) is 0 Å². The summed E-state index contributed by atoms with van der Waals surface area (Å²) in [5.41, 5.74) is 1.20. The van der Waals surface area contributed by atoms with Gasteiger partial charge in [0.1, 0.15) is 5.04 Å². The number of hydrogen-bond acceptors (Lipinski definition) is 5. The van der Waals surface area contributed by atoms with E-state index in [2.05, 4.69) is 0 Å². The van der Waals surface area contributed by atoms with Gasteiger partial charge in [0.05, 0.1) is 5.04 Å². The van der Waals surface area contributed by atoms with Gasteiger partial charge >= 0.3 is 5.97 Å². The second-order valence-corrected chi connectivity index (χ2v) is 5.01. The van der Waals surface area contributed by atoms with Crippen LogP contribution < -0.4 is 0 Å².